The molecule has 3 rings (SSSR count). The van der Waals surface area contributed by atoms with Crippen LogP contribution in [0.3, 0.4) is 0 Å². The number of amides is 1. The molecule has 2 aromatic carbocycles. The van der Waals surface area contributed by atoms with Gasteiger partial charge in [-0.25, -0.2) is 4.39 Å². The molecular weight excluding hydrogens is 305 g/mol. The Labute approximate surface area is 139 Å². The summed E-state index contributed by atoms with van der Waals surface area (Å²) in [5.41, 5.74) is 4.04. The van der Waals surface area contributed by atoms with E-state index in [0.29, 0.717) is 17.9 Å². The average molecular weight is 323 g/mol. The first-order valence-electron chi connectivity index (χ1n) is 7.83. The van der Waals surface area contributed by atoms with Crippen molar-refractivity contribution in [2.24, 2.45) is 0 Å². The molecule has 0 bridgehead atoms. The van der Waals surface area contributed by atoms with Gasteiger partial charge in [0.25, 0.3) is 5.91 Å². The molecule has 24 heavy (non-hydrogen) atoms. The third-order valence-corrected chi connectivity index (χ3v) is 3.85. The number of benzene rings is 2. The standard InChI is InChI=1S/C19H18FN3O/c1-2-13-3-5-14(6-4-13)12-21-19(24)18-11-17(22-23-18)15-7-9-16(20)10-8-15/h3-11H,2,12H2,1H3,(H,21,24)(H,22,23). The fourth-order valence-corrected chi connectivity index (χ4v) is 2.38. The van der Waals surface area contributed by atoms with Gasteiger partial charge in [0.15, 0.2) is 0 Å². The molecule has 0 spiro atoms. The van der Waals surface area contributed by atoms with Gasteiger partial charge in [-0.05, 0) is 47.9 Å². The van der Waals surface area contributed by atoms with E-state index in [1.165, 1.54) is 17.7 Å². The van der Waals surface area contributed by atoms with Crippen LogP contribution in [0.4, 0.5) is 4.39 Å². The van der Waals surface area contributed by atoms with Crippen LogP contribution in [0.25, 0.3) is 11.3 Å². The molecule has 1 heterocycles. The Hall–Kier alpha value is -2.95. The van der Waals surface area contributed by atoms with E-state index in [2.05, 4.69) is 34.6 Å². The fourth-order valence-electron chi connectivity index (χ4n) is 2.38. The number of H-pyrrole nitrogens is 1. The highest BCUT2D eigenvalue weighted by molar-refractivity contribution is 5.93. The topological polar surface area (TPSA) is 57.8 Å². The second-order valence-corrected chi connectivity index (χ2v) is 5.53. The second kappa shape index (κ2) is 7.08. The van der Waals surface area contributed by atoms with Crippen LogP contribution < -0.4 is 5.32 Å². The summed E-state index contributed by atoms with van der Waals surface area (Å²) in [7, 11) is 0. The van der Waals surface area contributed by atoms with Gasteiger partial charge >= 0.3 is 0 Å². The SMILES string of the molecule is CCc1ccc(CNC(=O)c2cc(-c3ccc(F)cc3)n[nH]2)cc1. The number of halogens is 1. The third-order valence-electron chi connectivity index (χ3n) is 3.85. The zero-order valence-electron chi connectivity index (χ0n) is 13.3. The van der Waals surface area contributed by atoms with Crippen LogP contribution in [0, 0.1) is 5.82 Å². The third kappa shape index (κ3) is 3.68. The average Bonchev–Trinajstić information content (AvgIpc) is 3.11. The number of hydrogen-bond acceptors (Lipinski definition) is 2. The van der Waals surface area contributed by atoms with Gasteiger partial charge in [0.2, 0.25) is 0 Å². The van der Waals surface area contributed by atoms with Crippen LogP contribution in [0.1, 0.15) is 28.5 Å². The summed E-state index contributed by atoms with van der Waals surface area (Å²) in [5.74, 6) is -0.531. The van der Waals surface area contributed by atoms with Crippen LogP contribution in [0.15, 0.2) is 54.6 Å². The molecule has 0 fully saturated rings. The lowest BCUT2D eigenvalue weighted by atomic mass is 10.1. The summed E-state index contributed by atoms with van der Waals surface area (Å²) in [5, 5.41) is 9.68. The van der Waals surface area contributed by atoms with Crippen LogP contribution in [0.5, 0.6) is 0 Å². The molecule has 1 amide bonds. The van der Waals surface area contributed by atoms with Gasteiger partial charge in [-0.1, -0.05) is 31.2 Å². The molecule has 1 aromatic heterocycles. The highest BCUT2D eigenvalue weighted by Crippen LogP contribution is 2.18. The predicted molar refractivity (Wildman–Crippen MR) is 91.0 cm³/mol. The van der Waals surface area contributed by atoms with E-state index in [9.17, 15) is 9.18 Å². The molecule has 0 saturated carbocycles. The molecule has 0 aliphatic rings. The Bertz CT molecular complexity index is 823. The van der Waals surface area contributed by atoms with Crippen LogP contribution >= 0.6 is 0 Å². The van der Waals surface area contributed by atoms with E-state index in [-0.39, 0.29) is 11.7 Å². The zero-order chi connectivity index (χ0) is 16.9. The van der Waals surface area contributed by atoms with E-state index in [0.717, 1.165) is 17.5 Å². The first kappa shape index (κ1) is 15.9. The van der Waals surface area contributed by atoms with Crippen molar-refractivity contribution in [1.29, 1.82) is 0 Å². The summed E-state index contributed by atoms with van der Waals surface area (Å²) in [6.45, 7) is 2.56. The maximum absolute atomic E-state index is 13.0. The lowest BCUT2D eigenvalue weighted by Gasteiger charge is -2.04. The number of rotatable bonds is 5. The summed E-state index contributed by atoms with van der Waals surface area (Å²) in [4.78, 5) is 12.2. The maximum Gasteiger partial charge on any atom is 0.269 e. The van der Waals surface area contributed by atoms with Gasteiger partial charge < -0.3 is 5.32 Å². The Kier molecular flexibility index (Phi) is 4.70. The summed E-state index contributed by atoms with van der Waals surface area (Å²) < 4.78 is 13.0. The van der Waals surface area contributed by atoms with Crippen LogP contribution in [-0.2, 0) is 13.0 Å². The van der Waals surface area contributed by atoms with Crippen LogP contribution in [-0.4, -0.2) is 16.1 Å². The molecular formula is C19H18FN3O. The van der Waals surface area contributed by atoms with E-state index in [1.807, 2.05) is 12.1 Å². The molecule has 0 atom stereocenters. The van der Waals surface area contributed by atoms with Crippen molar-refractivity contribution in [2.45, 2.75) is 19.9 Å². The summed E-state index contributed by atoms with van der Waals surface area (Å²) in [6.07, 6.45) is 0.993. The molecule has 0 saturated heterocycles. The predicted octanol–water partition coefficient (Wildman–Crippen LogP) is 3.71. The van der Waals surface area contributed by atoms with Crippen molar-refractivity contribution in [3.05, 3.63) is 77.2 Å². The van der Waals surface area contributed by atoms with Gasteiger partial charge in [-0.2, -0.15) is 5.10 Å². The van der Waals surface area contributed by atoms with Crippen molar-refractivity contribution in [3.63, 3.8) is 0 Å². The van der Waals surface area contributed by atoms with Gasteiger partial charge in [0.1, 0.15) is 11.5 Å². The van der Waals surface area contributed by atoms with Crippen LogP contribution in [0.2, 0.25) is 0 Å². The number of aryl methyl sites for hydroxylation is 1. The highest BCUT2D eigenvalue weighted by atomic mass is 19.1. The number of carbonyl (C=O) groups excluding carboxylic acids is 1. The molecule has 5 heteroatoms. The van der Waals surface area contributed by atoms with Gasteiger partial charge in [0.05, 0.1) is 5.69 Å². The number of aromatic nitrogens is 2. The van der Waals surface area contributed by atoms with Crippen molar-refractivity contribution in [3.8, 4) is 11.3 Å². The normalized spacial score (nSPS) is 10.6. The van der Waals surface area contributed by atoms with Crippen molar-refractivity contribution >= 4 is 5.91 Å². The smallest absolute Gasteiger partial charge is 0.269 e. The lowest BCUT2D eigenvalue weighted by molar-refractivity contribution is 0.0946. The lowest BCUT2D eigenvalue weighted by Crippen LogP contribution is -2.23. The highest BCUT2D eigenvalue weighted by Gasteiger charge is 2.11. The Morgan fingerprint density at radius 3 is 2.42 bits per heavy atom. The summed E-state index contributed by atoms with van der Waals surface area (Å²) >= 11 is 0. The van der Waals surface area contributed by atoms with E-state index < -0.39 is 0 Å². The maximum atomic E-state index is 13.0. The summed E-state index contributed by atoms with van der Waals surface area (Å²) in [6, 6.07) is 15.8. The molecule has 0 aliphatic heterocycles. The second-order valence-electron chi connectivity index (χ2n) is 5.53. The molecule has 122 valence electrons. The van der Waals surface area contributed by atoms with Gasteiger partial charge in [-0.3, -0.25) is 9.89 Å². The minimum atomic E-state index is -0.304. The van der Waals surface area contributed by atoms with Gasteiger partial charge in [-0.15, -0.1) is 0 Å². The number of nitrogens with one attached hydrogen (secondary N) is 2. The number of aromatic amines is 1. The number of hydrogen-bond donors (Lipinski definition) is 2. The fraction of sp³-hybridized carbons (Fsp3) is 0.158. The minimum absolute atomic E-state index is 0.226. The van der Waals surface area contributed by atoms with E-state index in [1.54, 1.807) is 18.2 Å². The Morgan fingerprint density at radius 2 is 1.75 bits per heavy atom. The van der Waals surface area contributed by atoms with Crippen molar-refractivity contribution < 1.29 is 9.18 Å². The molecule has 0 aliphatic carbocycles. The van der Waals surface area contributed by atoms with Gasteiger partial charge in [0, 0.05) is 12.1 Å². The first-order chi connectivity index (χ1) is 11.7. The largest absolute Gasteiger partial charge is 0.347 e. The molecule has 0 unspecified atom stereocenters. The molecule has 4 nitrogen and oxygen atoms in total. The Morgan fingerprint density at radius 1 is 1.08 bits per heavy atom. The first-order valence-corrected chi connectivity index (χ1v) is 7.83. The van der Waals surface area contributed by atoms with Crippen molar-refractivity contribution in [1.82, 2.24) is 15.5 Å². The van der Waals surface area contributed by atoms with Crippen molar-refractivity contribution in [2.75, 3.05) is 0 Å². The number of nitrogens with zero attached hydrogens (tertiary/aromatic N) is 1. The monoisotopic (exact) mass is 323 g/mol. The van der Waals surface area contributed by atoms with E-state index in [4.69, 9.17) is 0 Å². The quantitative estimate of drug-likeness (QED) is 0.752. The molecule has 3 aromatic rings. The molecule has 0 radical (unpaired) electrons. The number of carbonyl (C=O) groups is 1. The van der Waals surface area contributed by atoms with E-state index >= 15 is 0 Å². The minimum Gasteiger partial charge on any atom is -0.347 e. The molecule has 2 N–H and O–H groups in total. The zero-order valence-corrected chi connectivity index (χ0v) is 13.3. The Balaban J connectivity index is 1.64.